The van der Waals surface area contributed by atoms with Crippen LogP contribution in [-0.4, -0.2) is 18.0 Å². The van der Waals surface area contributed by atoms with E-state index in [1.165, 1.54) is 0 Å². The fourth-order valence-electron chi connectivity index (χ4n) is 2.29. The number of nitrogens with zero attached hydrogens (tertiary/aromatic N) is 2. The summed E-state index contributed by atoms with van der Waals surface area (Å²) >= 11 is 0. The quantitative estimate of drug-likeness (QED) is 0.731. The van der Waals surface area contributed by atoms with E-state index in [0.29, 0.717) is 22.7 Å². The molecule has 26 heavy (non-hydrogen) atoms. The Kier molecular flexibility index (Phi) is 5.11. The highest BCUT2D eigenvalue weighted by Crippen LogP contribution is 2.19. The summed E-state index contributed by atoms with van der Waals surface area (Å²) in [4.78, 5) is 16.5. The van der Waals surface area contributed by atoms with Gasteiger partial charge in [-0.05, 0) is 48.5 Å². The number of carbonyl (C=O) groups is 1. The van der Waals surface area contributed by atoms with Crippen molar-refractivity contribution in [2.24, 2.45) is 0 Å². The van der Waals surface area contributed by atoms with Crippen LogP contribution in [0.5, 0.6) is 5.75 Å². The van der Waals surface area contributed by atoms with Crippen molar-refractivity contribution in [2.45, 2.75) is 0 Å². The Labute approximate surface area is 151 Å². The van der Waals surface area contributed by atoms with Crippen LogP contribution >= 0.6 is 0 Å². The smallest absolute Gasteiger partial charge is 0.274 e. The van der Waals surface area contributed by atoms with Gasteiger partial charge in [-0.2, -0.15) is 5.26 Å². The van der Waals surface area contributed by atoms with Crippen molar-refractivity contribution in [2.75, 3.05) is 17.7 Å². The summed E-state index contributed by atoms with van der Waals surface area (Å²) in [6, 6.07) is 19.7. The van der Waals surface area contributed by atoms with E-state index in [0.717, 1.165) is 11.4 Å². The molecule has 0 aliphatic heterocycles. The van der Waals surface area contributed by atoms with Gasteiger partial charge in [-0.3, -0.25) is 4.79 Å². The number of methoxy groups -OCH3 is 1. The summed E-state index contributed by atoms with van der Waals surface area (Å²) in [6.07, 6.45) is 1.58. The number of hydrogen-bond acceptors (Lipinski definition) is 5. The number of benzene rings is 2. The second kappa shape index (κ2) is 7.81. The molecular formula is C20H16N4O2. The minimum absolute atomic E-state index is 0.303. The van der Waals surface area contributed by atoms with E-state index in [9.17, 15) is 4.79 Å². The number of nitrogens with one attached hydrogen (secondary N) is 2. The van der Waals surface area contributed by atoms with Gasteiger partial charge in [0.25, 0.3) is 5.91 Å². The van der Waals surface area contributed by atoms with Crippen molar-refractivity contribution >= 4 is 23.0 Å². The van der Waals surface area contributed by atoms with E-state index in [1.54, 1.807) is 61.8 Å². The number of rotatable bonds is 5. The zero-order chi connectivity index (χ0) is 18.4. The van der Waals surface area contributed by atoms with E-state index in [-0.39, 0.29) is 5.91 Å². The summed E-state index contributed by atoms with van der Waals surface area (Å²) < 4.78 is 5.14. The first-order chi connectivity index (χ1) is 12.7. The maximum Gasteiger partial charge on any atom is 0.274 e. The van der Waals surface area contributed by atoms with E-state index in [4.69, 9.17) is 10.00 Å². The van der Waals surface area contributed by atoms with Crippen LogP contribution in [0.1, 0.15) is 16.1 Å². The van der Waals surface area contributed by atoms with E-state index in [2.05, 4.69) is 21.7 Å². The molecule has 0 aliphatic carbocycles. The molecule has 3 aromatic rings. The molecule has 3 rings (SSSR count). The van der Waals surface area contributed by atoms with E-state index in [1.807, 2.05) is 12.1 Å². The van der Waals surface area contributed by atoms with E-state index < -0.39 is 0 Å². The molecule has 2 N–H and O–H groups in total. The first kappa shape index (κ1) is 17.0. The molecule has 0 saturated carbocycles. The van der Waals surface area contributed by atoms with Crippen LogP contribution < -0.4 is 15.4 Å². The SMILES string of the molecule is COc1cccc(NC(=O)c2ccc(Nc3ccc(C#N)cc3)cn2)c1. The molecule has 0 aliphatic rings. The Balaban J connectivity index is 1.66. The Bertz CT molecular complexity index is 945. The lowest BCUT2D eigenvalue weighted by Gasteiger charge is -2.08. The Hall–Kier alpha value is -3.85. The highest BCUT2D eigenvalue weighted by Gasteiger charge is 2.08. The van der Waals surface area contributed by atoms with Gasteiger partial charge in [0.15, 0.2) is 0 Å². The van der Waals surface area contributed by atoms with Gasteiger partial charge in [-0.25, -0.2) is 4.98 Å². The summed E-state index contributed by atoms with van der Waals surface area (Å²) in [7, 11) is 1.57. The molecule has 1 aromatic heterocycles. The van der Waals surface area contributed by atoms with Gasteiger partial charge in [-0.15, -0.1) is 0 Å². The predicted molar refractivity (Wildman–Crippen MR) is 99.6 cm³/mol. The lowest BCUT2D eigenvalue weighted by molar-refractivity contribution is 0.102. The Morgan fingerprint density at radius 1 is 1.04 bits per heavy atom. The molecule has 0 fully saturated rings. The van der Waals surface area contributed by atoms with Crippen LogP contribution in [0.15, 0.2) is 66.9 Å². The predicted octanol–water partition coefficient (Wildman–Crippen LogP) is 3.96. The van der Waals surface area contributed by atoms with Crippen molar-refractivity contribution in [1.82, 2.24) is 4.98 Å². The van der Waals surface area contributed by atoms with Gasteiger partial charge in [0.2, 0.25) is 0 Å². The van der Waals surface area contributed by atoms with E-state index >= 15 is 0 Å². The van der Waals surface area contributed by atoms with Crippen LogP contribution in [0.3, 0.4) is 0 Å². The monoisotopic (exact) mass is 344 g/mol. The molecule has 0 saturated heterocycles. The highest BCUT2D eigenvalue weighted by molar-refractivity contribution is 6.03. The minimum atomic E-state index is -0.303. The number of nitriles is 1. The molecule has 0 atom stereocenters. The first-order valence-electron chi connectivity index (χ1n) is 7.86. The number of aromatic nitrogens is 1. The van der Waals surface area contributed by atoms with Crippen molar-refractivity contribution in [3.05, 3.63) is 78.1 Å². The molecule has 6 nitrogen and oxygen atoms in total. The fourth-order valence-corrected chi connectivity index (χ4v) is 2.29. The molecule has 0 radical (unpaired) electrons. The van der Waals surface area contributed by atoms with Gasteiger partial charge in [0, 0.05) is 17.4 Å². The van der Waals surface area contributed by atoms with Gasteiger partial charge in [0.05, 0.1) is 30.6 Å². The van der Waals surface area contributed by atoms with Crippen LogP contribution in [0.25, 0.3) is 0 Å². The normalized spacial score (nSPS) is 9.85. The zero-order valence-electron chi connectivity index (χ0n) is 14.1. The standard InChI is InChI=1S/C20H16N4O2/c1-26-18-4-2-3-16(11-18)24-20(25)19-10-9-17(13-22-19)23-15-7-5-14(12-21)6-8-15/h2-11,13,23H,1H3,(H,24,25). The maximum atomic E-state index is 12.3. The average Bonchev–Trinajstić information content (AvgIpc) is 2.69. The summed E-state index contributed by atoms with van der Waals surface area (Å²) in [5.74, 6) is 0.362. The molecule has 0 bridgehead atoms. The Morgan fingerprint density at radius 2 is 1.81 bits per heavy atom. The minimum Gasteiger partial charge on any atom is -0.497 e. The molecule has 6 heteroatoms. The number of hydrogen-bond donors (Lipinski definition) is 2. The topological polar surface area (TPSA) is 87.0 Å². The molecule has 128 valence electrons. The second-order valence-corrected chi connectivity index (χ2v) is 5.43. The summed E-state index contributed by atoms with van der Waals surface area (Å²) in [6.45, 7) is 0. The molecule has 0 spiro atoms. The third kappa shape index (κ3) is 4.16. The van der Waals surface area contributed by atoms with Crippen molar-refractivity contribution in [3.63, 3.8) is 0 Å². The molecular weight excluding hydrogens is 328 g/mol. The lowest BCUT2D eigenvalue weighted by Crippen LogP contribution is -2.13. The number of pyridine rings is 1. The highest BCUT2D eigenvalue weighted by atomic mass is 16.5. The van der Waals surface area contributed by atoms with Gasteiger partial charge in [0.1, 0.15) is 11.4 Å². The molecule has 0 unspecified atom stereocenters. The number of ether oxygens (including phenoxy) is 1. The van der Waals surface area contributed by atoms with Gasteiger partial charge < -0.3 is 15.4 Å². The largest absolute Gasteiger partial charge is 0.497 e. The second-order valence-electron chi connectivity index (χ2n) is 5.43. The molecule has 1 amide bonds. The van der Waals surface area contributed by atoms with Crippen LogP contribution in [0.4, 0.5) is 17.1 Å². The lowest BCUT2D eigenvalue weighted by atomic mass is 10.2. The third-order valence-corrected chi connectivity index (χ3v) is 3.63. The molecule has 1 heterocycles. The number of carbonyl (C=O) groups excluding carboxylic acids is 1. The van der Waals surface area contributed by atoms with Gasteiger partial charge in [-0.1, -0.05) is 6.07 Å². The number of amides is 1. The number of anilines is 3. The summed E-state index contributed by atoms with van der Waals surface area (Å²) in [5, 5.41) is 14.8. The van der Waals surface area contributed by atoms with Crippen molar-refractivity contribution < 1.29 is 9.53 Å². The average molecular weight is 344 g/mol. The Morgan fingerprint density at radius 3 is 2.46 bits per heavy atom. The summed E-state index contributed by atoms with van der Waals surface area (Å²) in [5.41, 5.74) is 3.11. The molecule has 2 aromatic carbocycles. The zero-order valence-corrected chi connectivity index (χ0v) is 14.1. The van der Waals surface area contributed by atoms with Crippen LogP contribution in [0.2, 0.25) is 0 Å². The third-order valence-electron chi connectivity index (χ3n) is 3.63. The van der Waals surface area contributed by atoms with Crippen molar-refractivity contribution in [3.8, 4) is 11.8 Å². The van der Waals surface area contributed by atoms with Crippen LogP contribution in [-0.2, 0) is 0 Å². The maximum absolute atomic E-state index is 12.3. The first-order valence-corrected chi connectivity index (χ1v) is 7.86. The van der Waals surface area contributed by atoms with Crippen LogP contribution in [0, 0.1) is 11.3 Å². The van der Waals surface area contributed by atoms with Crippen molar-refractivity contribution in [1.29, 1.82) is 5.26 Å². The fraction of sp³-hybridized carbons (Fsp3) is 0.0500. The van der Waals surface area contributed by atoms with Gasteiger partial charge >= 0.3 is 0 Å².